The minimum Gasteiger partial charge on any atom is -0.449 e. The van der Waals surface area contributed by atoms with Crippen LogP contribution < -0.4 is 9.62 Å². The Morgan fingerprint density at radius 2 is 1.83 bits per heavy atom. The lowest BCUT2D eigenvalue weighted by molar-refractivity contribution is -0.123. The van der Waals surface area contributed by atoms with Crippen molar-refractivity contribution in [1.29, 1.82) is 0 Å². The van der Waals surface area contributed by atoms with Crippen molar-refractivity contribution in [3.8, 4) is 0 Å². The number of hydrogen-bond acceptors (Lipinski definition) is 5. The molecule has 1 aliphatic heterocycles. The maximum absolute atomic E-state index is 12.5. The van der Waals surface area contributed by atoms with Crippen molar-refractivity contribution < 1.29 is 22.7 Å². The first kappa shape index (κ1) is 20.9. The Kier molecular flexibility index (Phi) is 5.66. The molecule has 0 saturated heterocycles. The topological polar surface area (TPSA) is 92.8 Å². The molecule has 1 amide bonds. The fraction of sp³-hybridized carbons (Fsp3) is 0.333. The van der Waals surface area contributed by atoms with Crippen LogP contribution >= 0.6 is 0 Å². The van der Waals surface area contributed by atoms with Crippen LogP contribution in [0.5, 0.6) is 0 Å². The fourth-order valence-electron chi connectivity index (χ4n) is 3.40. The second-order valence-electron chi connectivity index (χ2n) is 7.36. The van der Waals surface area contributed by atoms with E-state index in [0.717, 1.165) is 17.4 Å². The molecule has 2 aromatic carbocycles. The van der Waals surface area contributed by atoms with Gasteiger partial charge in [-0.2, -0.15) is 0 Å². The van der Waals surface area contributed by atoms with Gasteiger partial charge in [-0.3, -0.25) is 9.10 Å². The van der Waals surface area contributed by atoms with Crippen LogP contribution in [0.3, 0.4) is 0 Å². The number of aryl methyl sites for hydroxylation is 1. The second kappa shape index (κ2) is 7.87. The van der Waals surface area contributed by atoms with Gasteiger partial charge in [-0.25, -0.2) is 13.2 Å². The smallest absolute Gasteiger partial charge is 0.338 e. The molecular weight excluding hydrogens is 392 g/mol. The maximum atomic E-state index is 12.5. The quantitative estimate of drug-likeness (QED) is 0.757. The number of anilines is 2. The molecule has 1 heterocycles. The van der Waals surface area contributed by atoms with Crippen LogP contribution in [-0.2, 0) is 26.0 Å². The average molecular weight is 416 g/mol. The van der Waals surface area contributed by atoms with Gasteiger partial charge >= 0.3 is 5.97 Å². The summed E-state index contributed by atoms with van der Waals surface area (Å²) in [5.41, 5.74) is 3.30. The van der Waals surface area contributed by atoms with Gasteiger partial charge in [0.2, 0.25) is 10.0 Å². The number of hydrogen-bond donors (Lipinski definition) is 1. The average Bonchev–Trinajstić information content (AvgIpc) is 2.98. The molecule has 0 spiro atoms. The van der Waals surface area contributed by atoms with Crippen LogP contribution in [0.15, 0.2) is 42.5 Å². The summed E-state index contributed by atoms with van der Waals surface area (Å²) in [6.07, 6.45) is 0.686. The van der Waals surface area contributed by atoms with Crippen molar-refractivity contribution in [2.45, 2.75) is 39.3 Å². The van der Waals surface area contributed by atoms with E-state index in [9.17, 15) is 18.0 Å². The zero-order valence-electron chi connectivity index (χ0n) is 16.8. The predicted octanol–water partition coefficient (Wildman–Crippen LogP) is 2.89. The third kappa shape index (κ3) is 4.59. The van der Waals surface area contributed by atoms with Gasteiger partial charge < -0.3 is 10.1 Å². The Hall–Kier alpha value is -2.87. The number of carbonyl (C=O) groups is 2. The summed E-state index contributed by atoms with van der Waals surface area (Å²) >= 11 is 0. The Labute approximate surface area is 170 Å². The minimum absolute atomic E-state index is 0.217. The number of amides is 1. The Morgan fingerprint density at radius 3 is 2.45 bits per heavy atom. The summed E-state index contributed by atoms with van der Waals surface area (Å²) in [6, 6.07) is 11.8. The van der Waals surface area contributed by atoms with E-state index < -0.39 is 28.0 Å². The van der Waals surface area contributed by atoms with Crippen LogP contribution in [0.2, 0.25) is 0 Å². The van der Waals surface area contributed by atoms with Crippen LogP contribution in [-0.4, -0.2) is 38.7 Å². The van der Waals surface area contributed by atoms with Crippen molar-refractivity contribution >= 4 is 33.3 Å². The Balaban J connectivity index is 1.69. The number of sulfonamides is 1. The highest BCUT2D eigenvalue weighted by molar-refractivity contribution is 7.92. The molecule has 2 atom stereocenters. The van der Waals surface area contributed by atoms with Gasteiger partial charge in [0, 0.05) is 11.7 Å². The molecule has 0 aliphatic carbocycles. The molecule has 1 N–H and O–H groups in total. The first-order chi connectivity index (χ1) is 13.6. The lowest BCUT2D eigenvalue weighted by Gasteiger charge is -2.22. The van der Waals surface area contributed by atoms with Crippen molar-refractivity contribution in [3.63, 3.8) is 0 Å². The number of carbonyl (C=O) groups excluding carboxylic acids is 2. The summed E-state index contributed by atoms with van der Waals surface area (Å²) in [7, 11) is -3.40. The SMILES string of the molecule is Cc1ccc(NC(=O)[C@H](C)OC(=O)c2ccc3c(c2)C[C@H](C)N3S(C)(=O)=O)cc1. The molecule has 7 nitrogen and oxygen atoms in total. The molecule has 0 fully saturated rings. The summed E-state index contributed by atoms with van der Waals surface area (Å²) in [5, 5.41) is 2.71. The molecule has 0 radical (unpaired) electrons. The summed E-state index contributed by atoms with van der Waals surface area (Å²) in [6.45, 7) is 5.27. The first-order valence-electron chi connectivity index (χ1n) is 9.27. The van der Waals surface area contributed by atoms with Gasteiger partial charge in [0.15, 0.2) is 6.10 Å². The largest absolute Gasteiger partial charge is 0.449 e. The van der Waals surface area contributed by atoms with Crippen LogP contribution in [0.1, 0.15) is 35.3 Å². The van der Waals surface area contributed by atoms with E-state index in [1.165, 1.54) is 17.3 Å². The monoisotopic (exact) mass is 416 g/mol. The van der Waals surface area contributed by atoms with Gasteiger partial charge in [-0.15, -0.1) is 0 Å². The zero-order chi connectivity index (χ0) is 21.3. The van der Waals surface area contributed by atoms with Crippen molar-refractivity contribution in [2.75, 3.05) is 15.9 Å². The molecule has 2 aromatic rings. The second-order valence-corrected chi connectivity index (χ2v) is 9.22. The highest BCUT2D eigenvalue weighted by Gasteiger charge is 2.33. The van der Waals surface area contributed by atoms with Crippen LogP contribution in [0.4, 0.5) is 11.4 Å². The summed E-state index contributed by atoms with van der Waals surface area (Å²) in [5.74, 6) is -1.06. The molecule has 0 unspecified atom stereocenters. The number of esters is 1. The normalized spacial score (nSPS) is 16.8. The highest BCUT2D eigenvalue weighted by atomic mass is 32.2. The van der Waals surface area contributed by atoms with E-state index >= 15 is 0 Å². The van der Waals surface area contributed by atoms with Gasteiger partial charge in [-0.1, -0.05) is 17.7 Å². The number of nitrogens with one attached hydrogen (secondary N) is 1. The Bertz CT molecular complexity index is 1050. The molecule has 8 heteroatoms. The molecule has 29 heavy (non-hydrogen) atoms. The van der Waals surface area contributed by atoms with E-state index in [-0.39, 0.29) is 11.6 Å². The van der Waals surface area contributed by atoms with Crippen LogP contribution in [0.25, 0.3) is 0 Å². The molecule has 3 rings (SSSR count). The number of fused-ring (bicyclic) bond motifs is 1. The van der Waals surface area contributed by atoms with E-state index in [4.69, 9.17) is 4.74 Å². The van der Waals surface area contributed by atoms with Gasteiger partial charge in [0.05, 0.1) is 17.5 Å². The molecule has 0 bridgehead atoms. The summed E-state index contributed by atoms with van der Waals surface area (Å²) in [4.78, 5) is 24.8. The van der Waals surface area contributed by atoms with E-state index in [1.807, 2.05) is 26.0 Å². The number of rotatable bonds is 5. The van der Waals surface area contributed by atoms with Crippen molar-refractivity contribution in [2.24, 2.45) is 0 Å². The number of ether oxygens (including phenoxy) is 1. The highest BCUT2D eigenvalue weighted by Crippen LogP contribution is 2.34. The Morgan fingerprint density at radius 1 is 1.17 bits per heavy atom. The molecule has 154 valence electrons. The zero-order valence-corrected chi connectivity index (χ0v) is 17.6. The first-order valence-corrected chi connectivity index (χ1v) is 11.1. The van der Waals surface area contributed by atoms with Gasteiger partial charge in [0.1, 0.15) is 0 Å². The molecular formula is C21H24N2O5S. The predicted molar refractivity (Wildman–Crippen MR) is 112 cm³/mol. The van der Waals surface area contributed by atoms with E-state index in [1.54, 1.807) is 24.3 Å². The molecule has 1 aliphatic rings. The minimum atomic E-state index is -3.40. The summed E-state index contributed by atoms with van der Waals surface area (Å²) < 4.78 is 30.7. The van der Waals surface area contributed by atoms with E-state index in [2.05, 4.69) is 5.32 Å². The maximum Gasteiger partial charge on any atom is 0.338 e. The standard InChI is InChI=1S/C21H24N2O5S/c1-13-5-8-18(9-6-13)22-20(24)15(3)28-21(25)16-7-10-19-17(12-16)11-14(2)23(19)29(4,26)27/h5-10,12,14-15H,11H2,1-4H3,(H,22,24)/t14-,15-/m0/s1. The third-order valence-electron chi connectivity index (χ3n) is 4.80. The number of benzene rings is 2. The molecule has 0 aromatic heterocycles. The lowest BCUT2D eigenvalue weighted by atomic mass is 10.1. The number of nitrogens with zero attached hydrogens (tertiary/aromatic N) is 1. The van der Waals surface area contributed by atoms with Crippen molar-refractivity contribution in [1.82, 2.24) is 0 Å². The third-order valence-corrected chi connectivity index (χ3v) is 6.07. The van der Waals surface area contributed by atoms with Crippen LogP contribution in [0, 0.1) is 6.92 Å². The lowest BCUT2D eigenvalue weighted by Crippen LogP contribution is -2.34. The molecule has 0 saturated carbocycles. The van der Waals surface area contributed by atoms with E-state index in [0.29, 0.717) is 17.8 Å². The van der Waals surface area contributed by atoms with Gasteiger partial charge in [-0.05, 0) is 63.1 Å². The fourth-order valence-corrected chi connectivity index (χ4v) is 4.66. The van der Waals surface area contributed by atoms with Gasteiger partial charge in [0.25, 0.3) is 5.91 Å². The van der Waals surface area contributed by atoms with Crippen molar-refractivity contribution in [3.05, 3.63) is 59.2 Å².